The van der Waals surface area contributed by atoms with Gasteiger partial charge in [-0.2, -0.15) is 0 Å². The van der Waals surface area contributed by atoms with E-state index in [9.17, 15) is 9.59 Å². The van der Waals surface area contributed by atoms with E-state index in [4.69, 9.17) is 4.74 Å². The molecule has 0 radical (unpaired) electrons. The van der Waals surface area contributed by atoms with Gasteiger partial charge in [0.05, 0.1) is 12.5 Å². The fourth-order valence-electron chi connectivity index (χ4n) is 4.22. The number of anilines is 1. The van der Waals surface area contributed by atoms with Gasteiger partial charge in [0.15, 0.2) is 0 Å². The fraction of sp³-hybridized carbons (Fsp3) is 0.333. The van der Waals surface area contributed by atoms with Crippen molar-refractivity contribution in [1.82, 2.24) is 4.90 Å². The van der Waals surface area contributed by atoms with Crippen LogP contribution in [0.4, 0.5) is 5.69 Å². The molecule has 5 nitrogen and oxygen atoms in total. The lowest BCUT2D eigenvalue weighted by atomic mass is 9.81. The third kappa shape index (κ3) is 2.23. The number of aryl methyl sites for hydroxylation is 1. The Morgan fingerprint density at radius 3 is 2.69 bits per heavy atom. The van der Waals surface area contributed by atoms with Gasteiger partial charge in [-0.05, 0) is 48.7 Å². The molecule has 1 saturated heterocycles. The first-order valence-corrected chi connectivity index (χ1v) is 8.79. The number of rotatable bonds is 2. The summed E-state index contributed by atoms with van der Waals surface area (Å²) < 4.78 is 5.36. The van der Waals surface area contributed by atoms with Crippen molar-refractivity contribution in [2.45, 2.75) is 18.8 Å². The predicted octanol–water partition coefficient (Wildman–Crippen LogP) is 2.76. The zero-order chi connectivity index (χ0) is 18.5. The number of fused-ring (bicyclic) bond motifs is 2. The van der Waals surface area contributed by atoms with E-state index in [2.05, 4.69) is 0 Å². The van der Waals surface area contributed by atoms with Crippen LogP contribution < -0.4 is 9.64 Å². The Labute approximate surface area is 153 Å². The van der Waals surface area contributed by atoms with Crippen molar-refractivity contribution in [2.75, 3.05) is 32.1 Å². The highest BCUT2D eigenvalue weighted by Gasteiger charge is 2.54. The summed E-state index contributed by atoms with van der Waals surface area (Å²) in [6.07, 6.45) is 0.633. The van der Waals surface area contributed by atoms with E-state index in [1.165, 1.54) is 0 Å². The Balaban J connectivity index is 1.71. The number of hydrogen-bond acceptors (Lipinski definition) is 3. The number of ether oxygens (including phenoxy) is 1. The normalized spacial score (nSPS) is 21.4. The first-order valence-electron chi connectivity index (χ1n) is 8.79. The van der Waals surface area contributed by atoms with Crippen LogP contribution in [0.1, 0.15) is 27.9 Å². The molecule has 2 aliphatic rings. The molecule has 1 spiro atoms. The Hall–Kier alpha value is -2.82. The van der Waals surface area contributed by atoms with Crippen LogP contribution in [0.15, 0.2) is 42.5 Å². The number of carbonyl (C=O) groups is 2. The van der Waals surface area contributed by atoms with Crippen LogP contribution in [0.5, 0.6) is 5.75 Å². The van der Waals surface area contributed by atoms with Crippen LogP contribution in [-0.4, -0.2) is 44.0 Å². The van der Waals surface area contributed by atoms with Crippen molar-refractivity contribution >= 4 is 17.5 Å². The summed E-state index contributed by atoms with van der Waals surface area (Å²) in [5.41, 5.74) is 2.85. The van der Waals surface area contributed by atoms with Crippen molar-refractivity contribution in [2.24, 2.45) is 0 Å². The number of carbonyl (C=O) groups excluding carboxylic acids is 2. The third-order valence-electron chi connectivity index (χ3n) is 5.73. The fourth-order valence-corrected chi connectivity index (χ4v) is 4.22. The quantitative estimate of drug-likeness (QED) is 0.837. The monoisotopic (exact) mass is 350 g/mol. The molecular weight excluding hydrogens is 328 g/mol. The van der Waals surface area contributed by atoms with Gasteiger partial charge in [0, 0.05) is 31.4 Å². The van der Waals surface area contributed by atoms with Gasteiger partial charge < -0.3 is 14.5 Å². The number of hydrogen-bond donors (Lipinski definition) is 0. The standard InChI is InChI=1S/C21H22N2O3/c1-14-6-4-5-7-16(14)19(24)23-11-10-21(13-23)17-12-15(26-3)8-9-18(17)22(2)20(21)25/h4-9,12H,10-11,13H2,1-3H3/t21-/m1/s1. The Morgan fingerprint density at radius 2 is 1.96 bits per heavy atom. The van der Waals surface area contributed by atoms with Gasteiger partial charge in [0.1, 0.15) is 5.75 Å². The summed E-state index contributed by atoms with van der Waals surface area (Å²) >= 11 is 0. The Morgan fingerprint density at radius 1 is 1.19 bits per heavy atom. The van der Waals surface area contributed by atoms with Crippen LogP contribution in [-0.2, 0) is 10.2 Å². The lowest BCUT2D eigenvalue weighted by Crippen LogP contribution is -2.42. The van der Waals surface area contributed by atoms with E-state index in [-0.39, 0.29) is 11.8 Å². The van der Waals surface area contributed by atoms with Crippen LogP contribution in [0.3, 0.4) is 0 Å². The average molecular weight is 350 g/mol. The van der Waals surface area contributed by atoms with E-state index < -0.39 is 5.41 Å². The molecule has 0 unspecified atom stereocenters. The van der Waals surface area contributed by atoms with Gasteiger partial charge >= 0.3 is 0 Å². The number of likely N-dealkylation sites (tertiary alicyclic amines) is 1. The van der Waals surface area contributed by atoms with Crippen molar-refractivity contribution in [1.29, 1.82) is 0 Å². The zero-order valence-electron chi connectivity index (χ0n) is 15.3. The summed E-state index contributed by atoms with van der Waals surface area (Å²) in [5, 5.41) is 0. The van der Waals surface area contributed by atoms with E-state index >= 15 is 0 Å². The van der Waals surface area contributed by atoms with Gasteiger partial charge in [-0.1, -0.05) is 18.2 Å². The number of amides is 2. The van der Waals surface area contributed by atoms with E-state index in [0.717, 1.165) is 22.6 Å². The minimum atomic E-state index is -0.670. The lowest BCUT2D eigenvalue weighted by molar-refractivity contribution is -0.122. The Bertz CT molecular complexity index is 908. The predicted molar refractivity (Wildman–Crippen MR) is 99.8 cm³/mol. The highest BCUT2D eigenvalue weighted by molar-refractivity contribution is 6.09. The average Bonchev–Trinajstić information content (AvgIpc) is 3.19. The van der Waals surface area contributed by atoms with Crippen LogP contribution >= 0.6 is 0 Å². The van der Waals surface area contributed by atoms with Crippen LogP contribution in [0, 0.1) is 6.92 Å². The molecule has 0 bridgehead atoms. The third-order valence-corrected chi connectivity index (χ3v) is 5.73. The highest BCUT2D eigenvalue weighted by atomic mass is 16.5. The summed E-state index contributed by atoms with van der Waals surface area (Å²) in [6.45, 7) is 2.92. The lowest BCUT2D eigenvalue weighted by Gasteiger charge is -2.24. The minimum Gasteiger partial charge on any atom is -0.497 e. The largest absolute Gasteiger partial charge is 0.497 e. The summed E-state index contributed by atoms with van der Waals surface area (Å²) in [6, 6.07) is 13.3. The van der Waals surface area contributed by atoms with Crippen molar-refractivity contribution in [3.8, 4) is 5.75 Å². The summed E-state index contributed by atoms with van der Waals surface area (Å²) in [7, 11) is 3.42. The number of nitrogens with zero attached hydrogens (tertiary/aromatic N) is 2. The molecule has 2 aromatic rings. The molecule has 1 fully saturated rings. The maximum Gasteiger partial charge on any atom is 0.254 e. The van der Waals surface area contributed by atoms with Gasteiger partial charge in [0.25, 0.3) is 5.91 Å². The van der Waals surface area contributed by atoms with Crippen molar-refractivity contribution in [3.05, 3.63) is 59.2 Å². The van der Waals surface area contributed by atoms with Crippen LogP contribution in [0.25, 0.3) is 0 Å². The number of benzene rings is 2. The molecule has 0 saturated carbocycles. The van der Waals surface area contributed by atoms with Crippen LogP contribution in [0.2, 0.25) is 0 Å². The van der Waals surface area contributed by atoms with E-state index in [0.29, 0.717) is 25.1 Å². The molecule has 0 N–H and O–H groups in total. The SMILES string of the molecule is COc1ccc2c(c1)[C@]1(CCN(C(=O)c3ccccc3C)C1)C(=O)N2C. The minimum absolute atomic E-state index is 0.00762. The van der Waals surface area contributed by atoms with Gasteiger partial charge in [-0.3, -0.25) is 9.59 Å². The van der Waals surface area contributed by atoms with Gasteiger partial charge in [-0.25, -0.2) is 0 Å². The molecule has 134 valence electrons. The van der Waals surface area contributed by atoms with Crippen molar-refractivity contribution in [3.63, 3.8) is 0 Å². The smallest absolute Gasteiger partial charge is 0.254 e. The summed E-state index contributed by atoms with van der Waals surface area (Å²) in [4.78, 5) is 29.6. The molecule has 26 heavy (non-hydrogen) atoms. The molecule has 0 aliphatic carbocycles. The molecular formula is C21H22N2O3. The second-order valence-electron chi connectivity index (χ2n) is 7.12. The molecule has 2 heterocycles. The van der Waals surface area contributed by atoms with E-state index in [1.807, 2.05) is 54.3 Å². The van der Waals surface area contributed by atoms with Gasteiger partial charge in [-0.15, -0.1) is 0 Å². The Kier molecular flexibility index (Phi) is 3.75. The molecule has 5 heteroatoms. The molecule has 0 aromatic heterocycles. The number of methoxy groups -OCH3 is 1. The molecule has 2 aliphatic heterocycles. The molecule has 2 aromatic carbocycles. The van der Waals surface area contributed by atoms with Crippen molar-refractivity contribution < 1.29 is 14.3 Å². The topological polar surface area (TPSA) is 49.9 Å². The zero-order valence-corrected chi connectivity index (χ0v) is 15.3. The van der Waals surface area contributed by atoms with Gasteiger partial charge in [0.2, 0.25) is 5.91 Å². The molecule has 1 atom stereocenters. The second kappa shape index (κ2) is 5.87. The molecule has 2 amide bonds. The second-order valence-corrected chi connectivity index (χ2v) is 7.12. The highest BCUT2D eigenvalue weighted by Crippen LogP contribution is 2.48. The number of likely N-dealkylation sites (N-methyl/N-ethyl adjacent to an activating group) is 1. The van der Waals surface area contributed by atoms with E-state index in [1.54, 1.807) is 19.1 Å². The maximum absolute atomic E-state index is 13.1. The first kappa shape index (κ1) is 16.6. The first-order chi connectivity index (χ1) is 12.5. The molecule has 4 rings (SSSR count). The maximum atomic E-state index is 13.1. The summed E-state index contributed by atoms with van der Waals surface area (Å²) in [5.74, 6) is 0.780.